The van der Waals surface area contributed by atoms with Crippen molar-refractivity contribution in [2.75, 3.05) is 32.8 Å². The summed E-state index contributed by atoms with van der Waals surface area (Å²) in [6.45, 7) is 5.60. The predicted molar refractivity (Wildman–Crippen MR) is 128 cm³/mol. The molecule has 0 radical (unpaired) electrons. The fourth-order valence-corrected chi connectivity index (χ4v) is 3.89. The summed E-state index contributed by atoms with van der Waals surface area (Å²) < 4.78 is 84.0. The number of amides is 1. The molecule has 212 valence electrons. The maximum absolute atomic E-state index is 13.2. The molecule has 0 aliphatic carbocycles. The monoisotopic (exact) mass is 551 g/mol. The zero-order chi connectivity index (χ0) is 28.5. The number of ether oxygens (including phenoxy) is 1. The number of nitrogens with one attached hydrogen (secondary N) is 1. The first-order valence-electron chi connectivity index (χ1n) is 12.1. The summed E-state index contributed by atoms with van der Waals surface area (Å²) in [5.74, 6) is 0.161. The van der Waals surface area contributed by atoms with Gasteiger partial charge in [-0.3, -0.25) is 9.59 Å². The number of H-pyrrole nitrogens is 1. The number of halogens is 6. The molecule has 14 heteroatoms. The van der Waals surface area contributed by atoms with Crippen molar-refractivity contribution in [3.05, 3.63) is 50.7 Å². The number of piperazine rings is 1. The average molecular weight is 552 g/mol. The van der Waals surface area contributed by atoms with Gasteiger partial charge >= 0.3 is 12.4 Å². The summed E-state index contributed by atoms with van der Waals surface area (Å²) in [6.07, 6.45) is -5.43. The maximum Gasteiger partial charge on any atom is 0.422 e. The van der Waals surface area contributed by atoms with Crippen LogP contribution in [0.15, 0.2) is 33.3 Å². The number of alkyl halides is 6. The number of aliphatic imine (C=N–C) groups is 1. The van der Waals surface area contributed by atoms with E-state index in [2.05, 4.69) is 10.1 Å². The van der Waals surface area contributed by atoms with E-state index >= 15 is 0 Å². The minimum absolute atomic E-state index is 0.0248. The minimum atomic E-state index is -4.83. The van der Waals surface area contributed by atoms with Crippen LogP contribution >= 0.6 is 0 Å². The molecule has 0 atom stereocenters. The molecular weight excluding hydrogens is 520 g/mol. The second-order valence-electron chi connectivity index (χ2n) is 8.35. The van der Waals surface area contributed by atoms with Gasteiger partial charge < -0.3 is 14.5 Å². The van der Waals surface area contributed by atoms with Crippen LogP contribution in [-0.2, 0) is 28.7 Å². The third-order valence-corrected chi connectivity index (χ3v) is 5.82. The second-order valence-corrected chi connectivity index (χ2v) is 8.35. The molecule has 1 N–H and O–H groups in total. The van der Waals surface area contributed by atoms with Gasteiger partial charge in [0, 0.05) is 32.4 Å². The summed E-state index contributed by atoms with van der Waals surface area (Å²) in [6, 6.07) is 0. The first-order chi connectivity index (χ1) is 17.8. The Bertz CT molecular complexity index is 1100. The molecular formula is C24H31F6N5O3. The molecule has 8 nitrogen and oxygen atoms in total. The topological polar surface area (TPSA) is 90.9 Å². The second kappa shape index (κ2) is 13.6. The number of aromatic amines is 1. The Labute approximate surface area is 216 Å². The predicted octanol–water partition coefficient (Wildman–Crippen LogP) is 4.23. The molecule has 1 aliphatic heterocycles. The number of allylic oxidation sites excluding steroid dienone is 3. The van der Waals surface area contributed by atoms with E-state index in [-0.39, 0.29) is 43.2 Å². The van der Waals surface area contributed by atoms with Gasteiger partial charge in [-0.1, -0.05) is 19.9 Å². The minimum Gasteiger partial charge on any atom is -0.375 e. The third-order valence-electron chi connectivity index (χ3n) is 5.82. The molecule has 2 heterocycles. The van der Waals surface area contributed by atoms with Crippen LogP contribution in [0, 0.1) is 0 Å². The Morgan fingerprint density at radius 2 is 1.74 bits per heavy atom. The molecule has 1 amide bonds. The molecule has 0 bridgehead atoms. The summed E-state index contributed by atoms with van der Waals surface area (Å²) in [4.78, 5) is 31.6. The summed E-state index contributed by atoms with van der Waals surface area (Å²) >= 11 is 0. The van der Waals surface area contributed by atoms with Crippen LogP contribution in [0.5, 0.6) is 0 Å². The van der Waals surface area contributed by atoms with Crippen molar-refractivity contribution in [1.29, 1.82) is 0 Å². The number of nitrogens with zero attached hydrogens (tertiary/aromatic N) is 4. The molecule has 0 unspecified atom stereocenters. The molecule has 1 aliphatic rings. The van der Waals surface area contributed by atoms with Crippen LogP contribution in [0.4, 0.5) is 26.3 Å². The number of hydrogen-bond acceptors (Lipinski definition) is 6. The molecule has 1 aromatic rings. The number of carbonyl (C=O) groups excluding carboxylic acids is 1. The summed E-state index contributed by atoms with van der Waals surface area (Å²) in [5, 5.41) is 5.51. The molecule has 0 spiro atoms. The van der Waals surface area contributed by atoms with Crippen LogP contribution < -0.4 is 5.56 Å². The standard InChI is InChI=1S/C24H31F6N5O3/c1-4-7-19(31-14-16(5-2)23(25,26)27)34-9-11-35(12-10-34)20(36)8-13-38-15-18-17(6-3)21(24(28,29)30)22(37)33-32-18/h5,7,14H,4,6,8-13,15H2,1-3H3,(H,33,37)/b16-5+,19-7-,31-14-. The highest BCUT2D eigenvalue weighted by molar-refractivity contribution is 5.81. The van der Waals surface area contributed by atoms with Crippen LogP contribution in [0.3, 0.4) is 0 Å². The Balaban J connectivity index is 1.90. The van der Waals surface area contributed by atoms with E-state index in [9.17, 15) is 35.9 Å². The van der Waals surface area contributed by atoms with Gasteiger partial charge in [-0.25, -0.2) is 10.1 Å². The van der Waals surface area contributed by atoms with E-state index in [0.29, 0.717) is 38.4 Å². The number of carbonyl (C=O) groups is 1. The Hall–Kier alpha value is -3.16. The van der Waals surface area contributed by atoms with Gasteiger partial charge in [0.1, 0.15) is 11.4 Å². The van der Waals surface area contributed by atoms with Crippen molar-refractivity contribution < 1.29 is 35.9 Å². The SMILES string of the molecule is C\C=C(/C=N\C(=C\CC)N1CCN(C(=O)CCOCc2n[nH]c(=O)c(C(F)(F)F)c2CC)CC1)C(F)(F)F. The van der Waals surface area contributed by atoms with Gasteiger partial charge in [0.05, 0.1) is 30.9 Å². The first kappa shape index (κ1) is 31.1. The van der Waals surface area contributed by atoms with Gasteiger partial charge in [0.25, 0.3) is 5.56 Å². The lowest BCUT2D eigenvalue weighted by Gasteiger charge is -2.36. The largest absolute Gasteiger partial charge is 0.422 e. The van der Waals surface area contributed by atoms with Gasteiger partial charge in [0.2, 0.25) is 5.91 Å². The molecule has 0 aromatic carbocycles. The van der Waals surface area contributed by atoms with E-state index in [1.807, 2.05) is 12.0 Å². The van der Waals surface area contributed by atoms with Crippen LogP contribution in [-0.4, -0.2) is 71.1 Å². The Morgan fingerprint density at radius 3 is 2.26 bits per heavy atom. The van der Waals surface area contributed by atoms with E-state index in [1.165, 1.54) is 13.8 Å². The van der Waals surface area contributed by atoms with Gasteiger partial charge in [-0.05, 0) is 31.4 Å². The highest BCUT2D eigenvalue weighted by Gasteiger charge is 2.38. The van der Waals surface area contributed by atoms with Crippen LogP contribution in [0.1, 0.15) is 50.4 Å². The van der Waals surface area contributed by atoms with Crippen molar-refractivity contribution in [3.8, 4) is 0 Å². The number of rotatable bonds is 10. The molecule has 2 rings (SSSR count). The quantitative estimate of drug-likeness (QED) is 0.267. The Kier molecular flexibility index (Phi) is 11.1. The summed E-state index contributed by atoms with van der Waals surface area (Å²) in [7, 11) is 0. The van der Waals surface area contributed by atoms with Crippen molar-refractivity contribution in [2.45, 2.75) is 59.0 Å². The molecule has 0 saturated carbocycles. The van der Waals surface area contributed by atoms with E-state index in [0.717, 1.165) is 12.3 Å². The van der Waals surface area contributed by atoms with E-state index in [4.69, 9.17) is 4.74 Å². The molecule has 1 saturated heterocycles. The number of hydrogen-bond donors (Lipinski definition) is 1. The lowest BCUT2D eigenvalue weighted by molar-refractivity contribution is -0.139. The van der Waals surface area contributed by atoms with E-state index in [1.54, 1.807) is 15.9 Å². The molecule has 38 heavy (non-hydrogen) atoms. The highest BCUT2D eigenvalue weighted by atomic mass is 19.4. The van der Waals surface area contributed by atoms with Gasteiger partial charge in [0.15, 0.2) is 0 Å². The normalized spacial score (nSPS) is 16.0. The smallest absolute Gasteiger partial charge is 0.375 e. The average Bonchev–Trinajstić information content (AvgIpc) is 2.85. The summed E-state index contributed by atoms with van der Waals surface area (Å²) in [5.41, 5.74) is -3.78. The number of aromatic nitrogens is 2. The lowest BCUT2D eigenvalue weighted by atomic mass is 10.1. The lowest BCUT2D eigenvalue weighted by Crippen LogP contribution is -2.48. The molecule has 1 fully saturated rings. The van der Waals surface area contributed by atoms with Crippen LogP contribution in [0.2, 0.25) is 0 Å². The van der Waals surface area contributed by atoms with Gasteiger partial charge in [-0.2, -0.15) is 31.4 Å². The van der Waals surface area contributed by atoms with Gasteiger partial charge in [-0.15, -0.1) is 0 Å². The van der Waals surface area contributed by atoms with Crippen molar-refractivity contribution in [2.24, 2.45) is 4.99 Å². The Morgan fingerprint density at radius 1 is 1.11 bits per heavy atom. The maximum atomic E-state index is 13.2. The zero-order valence-corrected chi connectivity index (χ0v) is 21.4. The first-order valence-corrected chi connectivity index (χ1v) is 12.1. The van der Waals surface area contributed by atoms with Crippen molar-refractivity contribution >= 4 is 12.1 Å². The molecule has 1 aromatic heterocycles. The van der Waals surface area contributed by atoms with Crippen molar-refractivity contribution in [1.82, 2.24) is 20.0 Å². The third kappa shape index (κ3) is 8.43. The van der Waals surface area contributed by atoms with E-state index < -0.39 is 29.0 Å². The highest BCUT2D eigenvalue weighted by Crippen LogP contribution is 2.30. The fourth-order valence-electron chi connectivity index (χ4n) is 3.89. The van der Waals surface area contributed by atoms with Crippen LogP contribution in [0.25, 0.3) is 0 Å². The zero-order valence-electron chi connectivity index (χ0n) is 21.4. The van der Waals surface area contributed by atoms with Crippen molar-refractivity contribution in [3.63, 3.8) is 0 Å². The fraction of sp³-hybridized carbons (Fsp3) is 0.583.